The number of alkyl halides is 3. The summed E-state index contributed by atoms with van der Waals surface area (Å²) in [5.41, 5.74) is 0.0642. The molecule has 2 heterocycles. The molecule has 1 aromatic carbocycles. The fourth-order valence-electron chi connectivity index (χ4n) is 2.54. The number of thioether (sulfide) groups is 1. The first-order valence-electron chi connectivity index (χ1n) is 8.06. The van der Waals surface area contributed by atoms with Crippen LogP contribution in [-0.2, 0) is 15.7 Å². The van der Waals surface area contributed by atoms with Crippen molar-refractivity contribution in [3.63, 3.8) is 0 Å². The first-order valence-corrected chi connectivity index (χ1v) is 9.05. The maximum atomic E-state index is 13.2. The van der Waals surface area contributed by atoms with Crippen LogP contribution < -0.4 is 0 Å². The molecule has 0 aliphatic carbocycles. The number of benzene rings is 1. The highest BCUT2D eigenvalue weighted by Crippen LogP contribution is 2.34. The number of hydrogen-bond donors (Lipinski definition) is 0. The molecule has 2 aromatic rings. The first kappa shape index (κ1) is 18.7. The van der Waals surface area contributed by atoms with Crippen LogP contribution in [0.1, 0.15) is 5.56 Å². The van der Waals surface area contributed by atoms with Gasteiger partial charge in [-0.25, -0.2) is 4.98 Å². The van der Waals surface area contributed by atoms with Gasteiger partial charge in [-0.3, -0.25) is 4.79 Å². The minimum absolute atomic E-state index is 0.0442. The third kappa shape index (κ3) is 4.76. The second-order valence-corrected chi connectivity index (χ2v) is 6.72. The van der Waals surface area contributed by atoms with E-state index in [0.717, 1.165) is 23.9 Å². The van der Waals surface area contributed by atoms with Crippen molar-refractivity contribution < 1.29 is 22.7 Å². The van der Waals surface area contributed by atoms with Crippen LogP contribution in [0.2, 0.25) is 0 Å². The van der Waals surface area contributed by atoms with Crippen molar-refractivity contribution in [2.24, 2.45) is 0 Å². The summed E-state index contributed by atoms with van der Waals surface area (Å²) in [6.45, 7) is 1.97. The molecule has 26 heavy (non-hydrogen) atoms. The van der Waals surface area contributed by atoms with E-state index in [1.807, 2.05) is 0 Å². The third-order valence-electron chi connectivity index (χ3n) is 3.91. The predicted molar refractivity (Wildman–Crippen MR) is 92.8 cm³/mol. The molecule has 3 rings (SSSR count). The summed E-state index contributed by atoms with van der Waals surface area (Å²) in [6.07, 6.45) is -4.48. The minimum Gasteiger partial charge on any atom is -0.378 e. The average molecular weight is 382 g/mol. The van der Waals surface area contributed by atoms with E-state index in [9.17, 15) is 18.0 Å². The summed E-state index contributed by atoms with van der Waals surface area (Å²) in [5.74, 6) is -0.0819. The Morgan fingerprint density at radius 3 is 2.50 bits per heavy atom. The molecule has 0 unspecified atom stereocenters. The van der Waals surface area contributed by atoms with E-state index in [1.54, 1.807) is 35.2 Å². The third-order valence-corrected chi connectivity index (χ3v) is 4.80. The molecule has 0 bridgehead atoms. The summed E-state index contributed by atoms with van der Waals surface area (Å²) >= 11 is 1.02. The number of morpholine rings is 1. The van der Waals surface area contributed by atoms with Gasteiger partial charge in [-0.05, 0) is 12.1 Å². The van der Waals surface area contributed by atoms with Crippen LogP contribution in [0, 0.1) is 0 Å². The number of aromatic nitrogens is 1. The topological polar surface area (TPSA) is 42.4 Å². The minimum atomic E-state index is -4.48. The highest BCUT2D eigenvalue weighted by atomic mass is 32.2. The van der Waals surface area contributed by atoms with Crippen molar-refractivity contribution in [2.45, 2.75) is 11.2 Å². The van der Waals surface area contributed by atoms with Gasteiger partial charge < -0.3 is 9.64 Å². The van der Waals surface area contributed by atoms with E-state index in [-0.39, 0.29) is 22.4 Å². The first-order chi connectivity index (χ1) is 12.4. The number of ether oxygens (including phenoxy) is 1. The Hall–Kier alpha value is -2.06. The monoisotopic (exact) mass is 382 g/mol. The van der Waals surface area contributed by atoms with Gasteiger partial charge in [-0.2, -0.15) is 13.2 Å². The molecule has 138 valence electrons. The van der Waals surface area contributed by atoms with E-state index in [1.165, 1.54) is 0 Å². The van der Waals surface area contributed by atoms with Gasteiger partial charge in [0.05, 0.1) is 35.2 Å². The van der Waals surface area contributed by atoms with Crippen LogP contribution in [0.4, 0.5) is 13.2 Å². The molecule has 1 aliphatic heterocycles. The van der Waals surface area contributed by atoms with Crippen molar-refractivity contribution >= 4 is 17.7 Å². The molecule has 0 radical (unpaired) electrons. The van der Waals surface area contributed by atoms with E-state index in [0.29, 0.717) is 31.9 Å². The molecule has 1 aromatic heterocycles. The van der Waals surface area contributed by atoms with Crippen LogP contribution in [-0.4, -0.2) is 47.8 Å². The normalized spacial score (nSPS) is 15.1. The molecule has 0 N–H and O–H groups in total. The molecule has 0 spiro atoms. The van der Waals surface area contributed by atoms with Gasteiger partial charge >= 0.3 is 6.18 Å². The number of carbonyl (C=O) groups is 1. The molecule has 1 aliphatic rings. The number of amides is 1. The smallest absolute Gasteiger partial charge is 0.378 e. The largest absolute Gasteiger partial charge is 0.416 e. The number of rotatable bonds is 4. The number of carbonyl (C=O) groups excluding carboxylic acids is 1. The maximum absolute atomic E-state index is 13.2. The molecule has 0 saturated carbocycles. The van der Waals surface area contributed by atoms with Crippen molar-refractivity contribution in [3.8, 4) is 11.3 Å². The van der Waals surface area contributed by atoms with E-state index < -0.39 is 11.7 Å². The van der Waals surface area contributed by atoms with Crippen molar-refractivity contribution in [2.75, 3.05) is 32.1 Å². The van der Waals surface area contributed by atoms with Crippen LogP contribution in [0.15, 0.2) is 47.5 Å². The van der Waals surface area contributed by atoms with E-state index >= 15 is 0 Å². The molecule has 1 fully saturated rings. The zero-order chi connectivity index (χ0) is 18.6. The summed E-state index contributed by atoms with van der Waals surface area (Å²) < 4.78 is 44.9. The summed E-state index contributed by atoms with van der Waals surface area (Å²) in [5, 5.41) is 0.181. The Morgan fingerprint density at radius 2 is 1.85 bits per heavy atom. The summed E-state index contributed by atoms with van der Waals surface area (Å²) in [4.78, 5) is 18.2. The van der Waals surface area contributed by atoms with Crippen LogP contribution in [0.3, 0.4) is 0 Å². The van der Waals surface area contributed by atoms with Crippen molar-refractivity contribution in [1.29, 1.82) is 0 Å². The average Bonchev–Trinajstić information content (AvgIpc) is 2.66. The lowest BCUT2D eigenvalue weighted by Crippen LogP contribution is -2.41. The quantitative estimate of drug-likeness (QED) is 0.756. The summed E-state index contributed by atoms with van der Waals surface area (Å²) in [6, 6.07) is 10.7. The van der Waals surface area contributed by atoms with Gasteiger partial charge in [0, 0.05) is 18.7 Å². The predicted octanol–water partition coefficient (Wildman–Crippen LogP) is 3.72. The number of nitrogens with zero attached hydrogens (tertiary/aromatic N) is 2. The van der Waals surface area contributed by atoms with Crippen LogP contribution in [0.5, 0.6) is 0 Å². The Bertz CT molecular complexity index is 763. The molecule has 0 atom stereocenters. The molecule has 4 nitrogen and oxygen atoms in total. The van der Waals surface area contributed by atoms with Crippen molar-refractivity contribution in [3.05, 3.63) is 48.0 Å². The molecular weight excluding hydrogens is 365 g/mol. The Balaban J connectivity index is 1.80. The summed E-state index contributed by atoms with van der Waals surface area (Å²) in [7, 11) is 0. The fraction of sp³-hybridized carbons (Fsp3) is 0.333. The van der Waals surface area contributed by atoms with Gasteiger partial charge in [0.25, 0.3) is 0 Å². The maximum Gasteiger partial charge on any atom is 0.416 e. The Labute approximate surface area is 153 Å². The molecule has 1 amide bonds. The van der Waals surface area contributed by atoms with Crippen LogP contribution >= 0.6 is 11.8 Å². The SMILES string of the molecule is O=C(CSc1cc(C(F)(F)F)cc(-c2ccccc2)n1)N1CCOCC1. The van der Waals surface area contributed by atoms with Gasteiger partial charge in [0.1, 0.15) is 0 Å². The second kappa shape index (κ2) is 8.09. The number of hydrogen-bond acceptors (Lipinski definition) is 4. The molecule has 8 heteroatoms. The molecular formula is C18H17F3N2O2S. The molecule has 1 saturated heterocycles. The number of halogens is 3. The highest BCUT2D eigenvalue weighted by Gasteiger charge is 2.32. The lowest BCUT2D eigenvalue weighted by molar-refractivity contribution is -0.137. The number of pyridine rings is 1. The highest BCUT2D eigenvalue weighted by molar-refractivity contribution is 7.99. The second-order valence-electron chi connectivity index (χ2n) is 5.72. The Morgan fingerprint density at radius 1 is 1.15 bits per heavy atom. The van der Waals surface area contributed by atoms with Gasteiger partial charge in [0.2, 0.25) is 5.91 Å². The van der Waals surface area contributed by atoms with Gasteiger partial charge in [0.15, 0.2) is 0 Å². The van der Waals surface area contributed by atoms with Gasteiger partial charge in [-0.15, -0.1) is 0 Å². The Kier molecular flexibility index (Phi) is 5.83. The van der Waals surface area contributed by atoms with E-state index in [2.05, 4.69) is 4.98 Å². The van der Waals surface area contributed by atoms with Crippen LogP contribution in [0.25, 0.3) is 11.3 Å². The standard InChI is InChI=1S/C18H17F3N2O2S/c19-18(20,21)14-10-15(13-4-2-1-3-5-13)22-16(11-14)26-12-17(24)23-6-8-25-9-7-23/h1-5,10-11H,6-9,12H2. The van der Waals surface area contributed by atoms with E-state index in [4.69, 9.17) is 4.74 Å². The lowest BCUT2D eigenvalue weighted by atomic mass is 10.1. The zero-order valence-corrected chi connectivity index (χ0v) is 14.6. The zero-order valence-electron chi connectivity index (χ0n) is 13.8. The lowest BCUT2D eigenvalue weighted by Gasteiger charge is -2.26. The fourth-order valence-corrected chi connectivity index (χ4v) is 3.37. The van der Waals surface area contributed by atoms with Gasteiger partial charge in [-0.1, -0.05) is 42.1 Å². The van der Waals surface area contributed by atoms with Crippen molar-refractivity contribution in [1.82, 2.24) is 9.88 Å².